The predicted octanol–water partition coefficient (Wildman–Crippen LogP) is 0.0658. The molecule has 0 aromatic heterocycles. The maximum atomic E-state index is 10.7. The highest BCUT2D eigenvalue weighted by Crippen LogP contribution is 2.13. The summed E-state index contributed by atoms with van der Waals surface area (Å²) in [5, 5.41) is 0. The van der Waals surface area contributed by atoms with E-state index in [2.05, 4.69) is 0 Å². The van der Waals surface area contributed by atoms with Crippen LogP contribution >= 0.6 is 0 Å². The molecule has 0 aliphatic rings. The van der Waals surface area contributed by atoms with Crippen LogP contribution in [0.4, 0.5) is 0 Å². The van der Waals surface area contributed by atoms with Crippen LogP contribution in [0.15, 0.2) is 29.2 Å². The summed E-state index contributed by atoms with van der Waals surface area (Å²) in [5.74, 6) is -0.935. The predicted molar refractivity (Wildman–Crippen MR) is 48.9 cm³/mol. The Bertz CT molecular complexity index is 441. The average Bonchev–Trinajstić information content (AvgIpc) is 2.03. The summed E-state index contributed by atoms with van der Waals surface area (Å²) in [5.41, 5.74) is 4.59. The van der Waals surface area contributed by atoms with Crippen LogP contribution in [0.25, 0.3) is 0 Å². The van der Waals surface area contributed by atoms with E-state index in [-0.39, 0.29) is 11.7 Å². The van der Waals surface area contributed by atoms with Crippen molar-refractivity contribution < 1.29 is 17.8 Å². The summed E-state index contributed by atoms with van der Waals surface area (Å²) in [6, 6.07) is 5.00. The van der Waals surface area contributed by atoms with E-state index >= 15 is 0 Å². The van der Waals surface area contributed by atoms with Crippen LogP contribution in [0, 0.1) is 0 Å². The van der Waals surface area contributed by atoms with Crippen molar-refractivity contribution in [2.24, 2.45) is 5.73 Å². The van der Waals surface area contributed by atoms with Crippen LogP contribution in [-0.2, 0) is 10.1 Å². The topological polar surface area (TPSA) is 137 Å². The summed E-state index contributed by atoms with van der Waals surface area (Å²) in [6.07, 6.45) is 0. The Kier molecular flexibility index (Phi) is 3.75. The van der Waals surface area contributed by atoms with Crippen molar-refractivity contribution in [1.82, 2.24) is 6.15 Å². The molecule has 6 N–H and O–H groups in total. The van der Waals surface area contributed by atoms with Gasteiger partial charge >= 0.3 is 0 Å². The molecule has 0 fully saturated rings. The molecule has 0 radical (unpaired) electrons. The molecule has 0 unspecified atom stereocenters. The molecule has 0 heterocycles. The molecule has 0 aliphatic heterocycles. The van der Waals surface area contributed by atoms with Gasteiger partial charge in [0.15, 0.2) is 0 Å². The van der Waals surface area contributed by atoms with Crippen LogP contribution in [0.2, 0.25) is 0 Å². The number of carbonyl (C=O) groups excluding carboxylic acids is 1. The Hall–Kier alpha value is -1.44. The minimum atomic E-state index is -4.63. The van der Waals surface area contributed by atoms with E-state index < -0.39 is 20.9 Å². The van der Waals surface area contributed by atoms with Crippen molar-refractivity contribution >= 4 is 16.0 Å². The third kappa shape index (κ3) is 2.52. The summed E-state index contributed by atoms with van der Waals surface area (Å²) < 4.78 is 31.8. The largest absolute Gasteiger partial charge is 0.744 e. The SMILES string of the molecule is NC(=O)c1ccccc1S(=O)(=O)[O-].[NH4+]. The number of carbonyl (C=O) groups is 1. The van der Waals surface area contributed by atoms with Gasteiger partial charge in [0.05, 0.1) is 10.5 Å². The molecule has 1 amide bonds. The number of hydrogen-bond acceptors (Lipinski definition) is 4. The molecule has 0 saturated carbocycles. The molecule has 1 rings (SSSR count). The fraction of sp³-hybridized carbons (Fsp3) is 0. The first kappa shape index (κ1) is 12.6. The van der Waals surface area contributed by atoms with Gasteiger partial charge in [0.1, 0.15) is 10.1 Å². The number of amides is 1. The average molecular weight is 218 g/mol. The van der Waals surface area contributed by atoms with Gasteiger partial charge in [-0.05, 0) is 12.1 Å². The molecule has 6 nitrogen and oxygen atoms in total. The molecule has 14 heavy (non-hydrogen) atoms. The fourth-order valence-corrected chi connectivity index (χ4v) is 1.57. The summed E-state index contributed by atoms with van der Waals surface area (Å²) in [4.78, 5) is 10.1. The van der Waals surface area contributed by atoms with Gasteiger partial charge in [-0.15, -0.1) is 0 Å². The van der Waals surface area contributed by atoms with Crippen molar-refractivity contribution in [1.29, 1.82) is 0 Å². The van der Waals surface area contributed by atoms with E-state index in [1.807, 2.05) is 0 Å². The van der Waals surface area contributed by atoms with Crippen molar-refractivity contribution in [2.75, 3.05) is 0 Å². The summed E-state index contributed by atoms with van der Waals surface area (Å²) >= 11 is 0. The molecule has 78 valence electrons. The lowest BCUT2D eigenvalue weighted by molar-refractivity contribution is 0.0997. The maximum absolute atomic E-state index is 10.7. The molecule has 0 atom stereocenters. The van der Waals surface area contributed by atoms with Crippen LogP contribution in [-0.4, -0.2) is 18.9 Å². The Balaban J connectivity index is 0.00000169. The normalized spacial score (nSPS) is 10.4. The number of hydrogen-bond donors (Lipinski definition) is 2. The number of primary amides is 1. The second kappa shape index (κ2) is 4.18. The van der Waals surface area contributed by atoms with Crippen molar-refractivity contribution in [3.8, 4) is 0 Å². The van der Waals surface area contributed by atoms with E-state index in [0.717, 1.165) is 6.07 Å². The molecular formula is C7H10N2O4S. The van der Waals surface area contributed by atoms with Crippen molar-refractivity contribution in [3.05, 3.63) is 29.8 Å². The zero-order valence-corrected chi connectivity index (χ0v) is 8.24. The van der Waals surface area contributed by atoms with E-state index in [4.69, 9.17) is 5.73 Å². The molecule has 1 aromatic carbocycles. The van der Waals surface area contributed by atoms with Gasteiger partial charge in [-0.3, -0.25) is 4.79 Å². The fourth-order valence-electron chi connectivity index (χ4n) is 0.888. The molecule has 0 bridgehead atoms. The molecule has 1 aromatic rings. The van der Waals surface area contributed by atoms with E-state index in [1.165, 1.54) is 18.2 Å². The number of quaternary nitrogens is 1. The lowest BCUT2D eigenvalue weighted by Gasteiger charge is -2.09. The number of benzene rings is 1. The van der Waals surface area contributed by atoms with Crippen LogP contribution < -0.4 is 11.9 Å². The molecule has 7 heteroatoms. The number of nitrogens with two attached hydrogens (primary N) is 1. The second-order valence-corrected chi connectivity index (χ2v) is 3.66. The Morgan fingerprint density at radius 1 is 1.29 bits per heavy atom. The third-order valence-electron chi connectivity index (χ3n) is 1.42. The van der Waals surface area contributed by atoms with E-state index in [9.17, 15) is 17.8 Å². The summed E-state index contributed by atoms with van der Waals surface area (Å²) in [7, 11) is -4.63. The lowest BCUT2D eigenvalue weighted by Crippen LogP contribution is -2.15. The smallest absolute Gasteiger partial charge is 0.249 e. The highest BCUT2D eigenvalue weighted by molar-refractivity contribution is 7.85. The first-order valence-corrected chi connectivity index (χ1v) is 4.68. The van der Waals surface area contributed by atoms with Gasteiger partial charge in [0.25, 0.3) is 0 Å². The van der Waals surface area contributed by atoms with Crippen molar-refractivity contribution in [3.63, 3.8) is 0 Å². The Morgan fingerprint density at radius 3 is 2.14 bits per heavy atom. The number of rotatable bonds is 2. The van der Waals surface area contributed by atoms with Gasteiger partial charge in [-0.25, -0.2) is 8.42 Å². The second-order valence-electron chi connectivity index (χ2n) is 2.31. The van der Waals surface area contributed by atoms with E-state index in [1.54, 1.807) is 0 Å². The molecule has 0 aliphatic carbocycles. The van der Waals surface area contributed by atoms with Crippen molar-refractivity contribution in [2.45, 2.75) is 4.90 Å². The zero-order chi connectivity index (χ0) is 10.1. The highest BCUT2D eigenvalue weighted by atomic mass is 32.2. The van der Waals surface area contributed by atoms with Gasteiger partial charge in [-0.2, -0.15) is 0 Å². The molecule has 0 spiro atoms. The van der Waals surface area contributed by atoms with Gasteiger partial charge in [0, 0.05) is 0 Å². The standard InChI is InChI=1S/C7H7NO4S.H3N/c8-7(9)5-3-1-2-4-6(5)13(10,11)12;/h1-4H,(H2,8,9)(H,10,11,12);1H3. The van der Waals surface area contributed by atoms with Gasteiger partial charge in [-0.1, -0.05) is 12.1 Å². The Labute approximate surface area is 81.1 Å². The lowest BCUT2D eigenvalue weighted by atomic mass is 10.2. The molecular weight excluding hydrogens is 208 g/mol. The van der Waals surface area contributed by atoms with Crippen LogP contribution in [0.1, 0.15) is 10.4 Å². The summed E-state index contributed by atoms with van der Waals surface area (Å²) in [6.45, 7) is 0. The van der Waals surface area contributed by atoms with Gasteiger partial charge < -0.3 is 16.4 Å². The van der Waals surface area contributed by atoms with Crippen LogP contribution in [0.5, 0.6) is 0 Å². The highest BCUT2D eigenvalue weighted by Gasteiger charge is 2.11. The van der Waals surface area contributed by atoms with Crippen LogP contribution in [0.3, 0.4) is 0 Å². The Morgan fingerprint density at radius 2 is 1.79 bits per heavy atom. The maximum Gasteiger partial charge on any atom is 0.249 e. The first-order valence-electron chi connectivity index (χ1n) is 3.27. The van der Waals surface area contributed by atoms with E-state index in [0.29, 0.717) is 0 Å². The monoisotopic (exact) mass is 218 g/mol. The third-order valence-corrected chi connectivity index (χ3v) is 2.32. The minimum absolute atomic E-state index is 0. The quantitative estimate of drug-likeness (QED) is 0.678. The minimum Gasteiger partial charge on any atom is -0.744 e. The van der Waals surface area contributed by atoms with Gasteiger partial charge in [0.2, 0.25) is 5.91 Å². The molecule has 0 saturated heterocycles. The zero-order valence-electron chi connectivity index (χ0n) is 7.43. The first-order chi connectivity index (χ1) is 5.93.